The Bertz CT molecular complexity index is 1220. The van der Waals surface area contributed by atoms with Gasteiger partial charge in [0.1, 0.15) is 22.8 Å². The van der Waals surface area contributed by atoms with Crippen LogP contribution in [0, 0.1) is 6.92 Å². The van der Waals surface area contributed by atoms with Gasteiger partial charge >= 0.3 is 5.97 Å². The lowest BCUT2D eigenvalue weighted by molar-refractivity contribution is -0.136. The number of methoxy groups -OCH3 is 2. The molecule has 1 aliphatic heterocycles. The molecule has 0 amide bonds. The summed E-state index contributed by atoms with van der Waals surface area (Å²) in [7, 11) is 2.77. The minimum Gasteiger partial charge on any atom is -0.496 e. The lowest BCUT2D eigenvalue weighted by Gasteiger charge is -2.29. The Morgan fingerprint density at radius 2 is 1.97 bits per heavy atom. The minimum atomic E-state index is -0.830. The van der Waals surface area contributed by atoms with Gasteiger partial charge in [-0.25, -0.2) is 4.79 Å². The van der Waals surface area contributed by atoms with Crippen LogP contribution in [0.1, 0.15) is 28.5 Å². The van der Waals surface area contributed by atoms with E-state index in [0.717, 1.165) is 0 Å². The maximum Gasteiger partial charge on any atom is 0.340 e. The van der Waals surface area contributed by atoms with Crippen molar-refractivity contribution in [3.05, 3.63) is 93.1 Å². The summed E-state index contributed by atoms with van der Waals surface area (Å²) < 4.78 is 23.2. The van der Waals surface area contributed by atoms with Gasteiger partial charge in [0.2, 0.25) is 5.88 Å². The third-order valence-corrected chi connectivity index (χ3v) is 5.32. The first kappa shape index (κ1) is 20.3. The van der Waals surface area contributed by atoms with Crippen LogP contribution in [0.3, 0.4) is 0 Å². The first-order valence-electron chi connectivity index (χ1n) is 9.61. The average Bonchev–Trinajstić information content (AvgIpc) is 3.28. The molecule has 160 valence electrons. The molecule has 0 radical (unpaired) electrons. The van der Waals surface area contributed by atoms with E-state index in [-0.39, 0.29) is 29.1 Å². The lowest BCUT2D eigenvalue weighted by atomic mass is 9.83. The van der Waals surface area contributed by atoms with Gasteiger partial charge in [-0.15, -0.1) is 0 Å². The van der Waals surface area contributed by atoms with Crippen molar-refractivity contribution in [1.29, 1.82) is 0 Å². The molecule has 1 aliphatic rings. The maximum absolute atomic E-state index is 13.7. The molecule has 3 aromatic rings. The second-order valence-corrected chi connectivity index (χ2v) is 7.08. The van der Waals surface area contributed by atoms with Crippen LogP contribution in [0.5, 0.6) is 11.5 Å². The smallest absolute Gasteiger partial charge is 0.340 e. The number of hydrogen-bond acceptors (Lipinski definition) is 7. The van der Waals surface area contributed by atoms with Crippen molar-refractivity contribution in [1.82, 2.24) is 4.57 Å². The van der Waals surface area contributed by atoms with Crippen molar-refractivity contribution in [2.75, 3.05) is 14.2 Å². The number of aryl methyl sites for hydroxylation is 1. The molecule has 3 heterocycles. The molecule has 1 atom stereocenters. The maximum atomic E-state index is 13.7. The molecule has 0 saturated carbocycles. The quantitative estimate of drug-likeness (QED) is 0.630. The molecular formula is C23H22N2O6. The Morgan fingerprint density at radius 1 is 1.19 bits per heavy atom. The number of nitrogens with two attached hydrogens (primary N) is 1. The Morgan fingerprint density at radius 3 is 2.65 bits per heavy atom. The van der Waals surface area contributed by atoms with Crippen LogP contribution < -0.4 is 20.8 Å². The highest BCUT2D eigenvalue weighted by Crippen LogP contribution is 2.44. The molecule has 1 aromatic carbocycles. The van der Waals surface area contributed by atoms with Crippen LogP contribution >= 0.6 is 0 Å². The molecule has 2 aromatic heterocycles. The number of benzene rings is 1. The van der Waals surface area contributed by atoms with Gasteiger partial charge in [-0.3, -0.25) is 4.79 Å². The predicted molar refractivity (Wildman–Crippen MR) is 112 cm³/mol. The number of hydrogen-bond donors (Lipinski definition) is 1. The minimum absolute atomic E-state index is 0.0463. The monoisotopic (exact) mass is 422 g/mol. The van der Waals surface area contributed by atoms with Crippen molar-refractivity contribution in [2.45, 2.75) is 19.4 Å². The van der Waals surface area contributed by atoms with E-state index < -0.39 is 11.9 Å². The Hall–Kier alpha value is -3.94. The second kappa shape index (κ2) is 8.06. The zero-order valence-corrected chi connectivity index (χ0v) is 17.4. The first-order chi connectivity index (χ1) is 15.0. The molecule has 2 N–H and O–H groups in total. The summed E-state index contributed by atoms with van der Waals surface area (Å²) in [6, 6.07) is 12.4. The van der Waals surface area contributed by atoms with E-state index in [1.54, 1.807) is 60.2 Å². The Labute approximate surface area is 178 Å². The van der Waals surface area contributed by atoms with Gasteiger partial charge in [-0.1, -0.05) is 18.2 Å². The highest BCUT2D eigenvalue weighted by molar-refractivity contribution is 5.92. The molecule has 0 bridgehead atoms. The summed E-state index contributed by atoms with van der Waals surface area (Å²) in [6.45, 7) is 2.03. The highest BCUT2D eigenvalue weighted by Gasteiger charge is 2.39. The summed E-state index contributed by atoms with van der Waals surface area (Å²) in [4.78, 5) is 26.4. The van der Waals surface area contributed by atoms with Crippen LogP contribution in [0.2, 0.25) is 0 Å². The first-order valence-corrected chi connectivity index (χ1v) is 9.61. The van der Waals surface area contributed by atoms with Gasteiger partial charge in [-0.2, -0.15) is 0 Å². The van der Waals surface area contributed by atoms with E-state index >= 15 is 0 Å². The third-order valence-electron chi connectivity index (χ3n) is 5.32. The molecule has 0 spiro atoms. The number of aromatic nitrogens is 1. The largest absolute Gasteiger partial charge is 0.496 e. The van der Waals surface area contributed by atoms with Crippen molar-refractivity contribution < 1.29 is 23.4 Å². The fourth-order valence-electron chi connectivity index (χ4n) is 3.87. The van der Waals surface area contributed by atoms with E-state index in [1.807, 2.05) is 0 Å². The van der Waals surface area contributed by atoms with Crippen molar-refractivity contribution >= 4 is 5.97 Å². The number of ether oxygens (including phenoxy) is 3. The molecule has 8 nitrogen and oxygen atoms in total. The summed E-state index contributed by atoms with van der Waals surface area (Å²) in [6.07, 6.45) is 1.55. The topological polar surface area (TPSA) is 106 Å². The van der Waals surface area contributed by atoms with E-state index in [9.17, 15) is 9.59 Å². The fourth-order valence-corrected chi connectivity index (χ4v) is 3.87. The fraction of sp³-hybridized carbons (Fsp3) is 0.217. The van der Waals surface area contributed by atoms with Gasteiger partial charge in [-0.05, 0) is 25.1 Å². The van der Waals surface area contributed by atoms with E-state index in [4.69, 9.17) is 24.4 Å². The normalized spacial score (nSPS) is 15.3. The predicted octanol–water partition coefficient (Wildman–Crippen LogP) is 2.67. The molecule has 0 fully saturated rings. The van der Waals surface area contributed by atoms with Gasteiger partial charge < -0.3 is 28.9 Å². The summed E-state index contributed by atoms with van der Waals surface area (Å²) >= 11 is 0. The van der Waals surface area contributed by atoms with Crippen molar-refractivity contribution in [3.8, 4) is 11.5 Å². The van der Waals surface area contributed by atoms with Gasteiger partial charge in [0.25, 0.3) is 5.56 Å². The average molecular weight is 422 g/mol. The Kier molecular flexibility index (Phi) is 5.29. The molecule has 0 aliphatic carbocycles. The molecular weight excluding hydrogens is 400 g/mol. The van der Waals surface area contributed by atoms with E-state index in [1.165, 1.54) is 14.2 Å². The van der Waals surface area contributed by atoms with E-state index in [2.05, 4.69) is 0 Å². The van der Waals surface area contributed by atoms with Crippen LogP contribution in [-0.4, -0.2) is 24.8 Å². The standard InChI is InChI=1S/C23H22N2O6/c1-13-11-17-19(22(26)25(13)12-14-7-6-10-30-14)18(15-8-4-5-9-16(15)28-2)20(21(24)31-17)23(27)29-3/h4-11,18H,12,24H2,1-3H3/t18-/m1/s1. The summed E-state index contributed by atoms with van der Waals surface area (Å²) in [5, 5.41) is 0. The molecule has 31 heavy (non-hydrogen) atoms. The number of esters is 1. The second-order valence-electron chi connectivity index (χ2n) is 7.08. The lowest BCUT2D eigenvalue weighted by Crippen LogP contribution is -2.35. The zero-order chi connectivity index (χ0) is 22.1. The number of rotatable bonds is 5. The number of carbonyl (C=O) groups is 1. The number of fused-ring (bicyclic) bond motifs is 1. The number of carbonyl (C=O) groups excluding carboxylic acids is 1. The number of para-hydroxylation sites is 1. The zero-order valence-electron chi connectivity index (χ0n) is 17.4. The van der Waals surface area contributed by atoms with Gasteiger partial charge in [0.15, 0.2) is 0 Å². The Balaban J connectivity index is 1.99. The van der Waals surface area contributed by atoms with Crippen LogP contribution in [-0.2, 0) is 16.1 Å². The molecule has 4 rings (SSSR count). The summed E-state index contributed by atoms with van der Waals surface area (Å²) in [5.74, 6) is -0.205. The molecule has 8 heteroatoms. The van der Waals surface area contributed by atoms with Crippen LogP contribution in [0.15, 0.2) is 69.4 Å². The number of nitrogens with zero attached hydrogens (tertiary/aromatic N) is 1. The highest BCUT2D eigenvalue weighted by atomic mass is 16.5. The van der Waals surface area contributed by atoms with Gasteiger partial charge in [0.05, 0.1) is 38.5 Å². The van der Waals surface area contributed by atoms with Crippen LogP contribution in [0.4, 0.5) is 0 Å². The number of pyridine rings is 1. The molecule has 0 unspecified atom stereocenters. The van der Waals surface area contributed by atoms with Crippen LogP contribution in [0.25, 0.3) is 0 Å². The molecule has 0 saturated heterocycles. The third kappa shape index (κ3) is 3.46. The van der Waals surface area contributed by atoms with Gasteiger partial charge in [0, 0.05) is 17.3 Å². The number of furan rings is 1. The summed E-state index contributed by atoms with van der Waals surface area (Å²) in [5.41, 5.74) is 7.39. The SMILES string of the molecule is COC(=O)C1=C(N)Oc2cc(C)n(Cc3ccco3)c(=O)c2[C@H]1c1ccccc1OC. The van der Waals surface area contributed by atoms with E-state index in [0.29, 0.717) is 28.5 Å². The van der Waals surface area contributed by atoms with Crippen molar-refractivity contribution in [3.63, 3.8) is 0 Å². The van der Waals surface area contributed by atoms with Crippen molar-refractivity contribution in [2.24, 2.45) is 5.73 Å².